The van der Waals surface area contributed by atoms with Crippen molar-refractivity contribution in [2.45, 2.75) is 13.3 Å². The van der Waals surface area contributed by atoms with Crippen molar-refractivity contribution in [3.63, 3.8) is 0 Å². The van der Waals surface area contributed by atoms with Crippen molar-refractivity contribution in [2.24, 2.45) is 0 Å². The smallest absolute Gasteiger partial charge is 0.225 e. The molecule has 132 valence electrons. The van der Waals surface area contributed by atoms with E-state index in [0.29, 0.717) is 31.1 Å². The highest BCUT2D eigenvalue weighted by Crippen LogP contribution is 2.20. The number of amides is 1. The minimum Gasteiger partial charge on any atom is -0.384 e. The van der Waals surface area contributed by atoms with Crippen molar-refractivity contribution in [2.75, 3.05) is 42.9 Å². The molecular formula is C18H22ClN5O. The number of anilines is 2. The summed E-state index contributed by atoms with van der Waals surface area (Å²) in [4.78, 5) is 24.9. The molecule has 1 aliphatic rings. The summed E-state index contributed by atoms with van der Waals surface area (Å²) in [6.07, 6.45) is 3.94. The molecule has 1 aromatic heterocycles. The standard InChI is InChI=1S/C18H22ClN5O/c1-14-3-4-15(19)13-16(14)20-8-5-17(25)23-9-11-24(12-10-23)18-21-6-2-7-22-18/h2-4,6-7,13,20H,5,8-12H2,1H3. The topological polar surface area (TPSA) is 61.4 Å². The molecule has 1 amide bonds. The second kappa shape index (κ2) is 8.16. The molecule has 2 aromatic rings. The number of aromatic nitrogens is 2. The highest BCUT2D eigenvalue weighted by Gasteiger charge is 2.22. The number of aryl methyl sites for hydroxylation is 1. The second-order valence-corrected chi connectivity index (χ2v) is 6.49. The van der Waals surface area contributed by atoms with Crippen LogP contribution in [0.3, 0.4) is 0 Å². The minimum atomic E-state index is 0.167. The Morgan fingerprint density at radius 3 is 2.64 bits per heavy atom. The average Bonchev–Trinajstić information content (AvgIpc) is 2.65. The molecule has 0 radical (unpaired) electrons. The van der Waals surface area contributed by atoms with E-state index in [9.17, 15) is 4.79 Å². The molecule has 0 saturated carbocycles. The Kier molecular flexibility index (Phi) is 5.71. The summed E-state index contributed by atoms with van der Waals surface area (Å²) in [7, 11) is 0. The molecule has 3 rings (SSSR count). The third kappa shape index (κ3) is 4.60. The lowest BCUT2D eigenvalue weighted by Crippen LogP contribution is -2.49. The average molecular weight is 360 g/mol. The van der Waals surface area contributed by atoms with Crippen LogP contribution in [0.25, 0.3) is 0 Å². The van der Waals surface area contributed by atoms with E-state index in [2.05, 4.69) is 20.2 Å². The molecule has 0 aliphatic carbocycles. The number of nitrogens with zero attached hydrogens (tertiary/aromatic N) is 4. The summed E-state index contributed by atoms with van der Waals surface area (Å²) < 4.78 is 0. The van der Waals surface area contributed by atoms with Gasteiger partial charge in [0.25, 0.3) is 0 Å². The van der Waals surface area contributed by atoms with E-state index in [4.69, 9.17) is 11.6 Å². The molecule has 25 heavy (non-hydrogen) atoms. The highest BCUT2D eigenvalue weighted by atomic mass is 35.5. The lowest BCUT2D eigenvalue weighted by Gasteiger charge is -2.34. The maximum absolute atomic E-state index is 12.4. The number of carbonyl (C=O) groups is 1. The number of rotatable bonds is 5. The molecule has 2 heterocycles. The first-order chi connectivity index (χ1) is 12.1. The summed E-state index contributed by atoms with van der Waals surface area (Å²) >= 11 is 6.01. The first-order valence-corrected chi connectivity index (χ1v) is 8.81. The van der Waals surface area contributed by atoms with E-state index < -0.39 is 0 Å². The highest BCUT2D eigenvalue weighted by molar-refractivity contribution is 6.30. The molecule has 0 spiro atoms. The molecule has 1 aromatic carbocycles. The maximum atomic E-state index is 12.4. The quantitative estimate of drug-likeness (QED) is 0.889. The van der Waals surface area contributed by atoms with Crippen molar-refractivity contribution in [1.29, 1.82) is 0 Å². The van der Waals surface area contributed by atoms with Crippen molar-refractivity contribution in [3.05, 3.63) is 47.2 Å². The summed E-state index contributed by atoms with van der Waals surface area (Å²) in [6.45, 7) is 5.54. The Morgan fingerprint density at radius 2 is 1.92 bits per heavy atom. The Bertz CT molecular complexity index is 717. The molecule has 0 bridgehead atoms. The monoisotopic (exact) mass is 359 g/mol. The van der Waals surface area contributed by atoms with E-state index in [1.165, 1.54) is 0 Å². The minimum absolute atomic E-state index is 0.167. The van der Waals surface area contributed by atoms with Crippen LogP contribution in [0.2, 0.25) is 5.02 Å². The van der Waals surface area contributed by atoms with Gasteiger partial charge in [-0.05, 0) is 30.7 Å². The molecule has 1 N–H and O–H groups in total. The zero-order chi connectivity index (χ0) is 17.6. The predicted octanol–water partition coefficient (Wildman–Crippen LogP) is 2.59. The van der Waals surface area contributed by atoms with Crippen LogP contribution >= 0.6 is 11.6 Å². The van der Waals surface area contributed by atoms with Crippen LogP contribution in [0.4, 0.5) is 11.6 Å². The summed E-state index contributed by atoms with van der Waals surface area (Å²) in [5.41, 5.74) is 2.10. The van der Waals surface area contributed by atoms with Gasteiger partial charge in [-0.15, -0.1) is 0 Å². The number of carbonyl (C=O) groups excluding carboxylic acids is 1. The van der Waals surface area contributed by atoms with Crippen molar-refractivity contribution >= 4 is 29.1 Å². The van der Waals surface area contributed by atoms with Gasteiger partial charge in [-0.2, -0.15) is 0 Å². The number of benzene rings is 1. The number of halogens is 1. The molecular weight excluding hydrogens is 338 g/mol. The maximum Gasteiger partial charge on any atom is 0.225 e. The van der Waals surface area contributed by atoms with Crippen LogP contribution in [0.5, 0.6) is 0 Å². The van der Waals surface area contributed by atoms with Gasteiger partial charge in [-0.3, -0.25) is 4.79 Å². The van der Waals surface area contributed by atoms with Gasteiger partial charge < -0.3 is 15.1 Å². The number of hydrogen-bond acceptors (Lipinski definition) is 5. The van der Waals surface area contributed by atoms with Crippen LogP contribution in [0.15, 0.2) is 36.7 Å². The lowest BCUT2D eigenvalue weighted by atomic mass is 10.2. The Balaban J connectivity index is 1.44. The largest absolute Gasteiger partial charge is 0.384 e. The van der Waals surface area contributed by atoms with Crippen LogP contribution in [0.1, 0.15) is 12.0 Å². The lowest BCUT2D eigenvalue weighted by molar-refractivity contribution is -0.131. The fourth-order valence-corrected chi connectivity index (χ4v) is 3.03. The number of piperazine rings is 1. The molecule has 0 unspecified atom stereocenters. The molecule has 1 fully saturated rings. The van der Waals surface area contributed by atoms with Gasteiger partial charge in [0.1, 0.15) is 0 Å². The fraction of sp³-hybridized carbons (Fsp3) is 0.389. The first-order valence-electron chi connectivity index (χ1n) is 8.43. The zero-order valence-electron chi connectivity index (χ0n) is 14.3. The summed E-state index contributed by atoms with van der Waals surface area (Å²) in [5, 5.41) is 3.99. The van der Waals surface area contributed by atoms with Crippen molar-refractivity contribution < 1.29 is 4.79 Å². The number of hydrogen-bond donors (Lipinski definition) is 1. The van der Waals surface area contributed by atoms with Gasteiger partial charge in [0.05, 0.1) is 0 Å². The van der Waals surface area contributed by atoms with Crippen molar-refractivity contribution in [1.82, 2.24) is 14.9 Å². The molecule has 6 nitrogen and oxygen atoms in total. The third-order valence-corrected chi connectivity index (χ3v) is 4.56. The molecule has 0 atom stereocenters. The Labute approximate surface area is 152 Å². The van der Waals surface area contributed by atoms with Gasteiger partial charge in [-0.25, -0.2) is 9.97 Å². The second-order valence-electron chi connectivity index (χ2n) is 6.05. The van der Waals surface area contributed by atoms with Crippen LogP contribution in [-0.4, -0.2) is 53.5 Å². The van der Waals surface area contributed by atoms with E-state index in [1.807, 2.05) is 30.0 Å². The summed E-state index contributed by atoms with van der Waals surface area (Å²) in [5.74, 6) is 0.897. The normalized spacial score (nSPS) is 14.5. The van der Waals surface area contributed by atoms with Gasteiger partial charge in [0.2, 0.25) is 11.9 Å². The van der Waals surface area contributed by atoms with Gasteiger partial charge >= 0.3 is 0 Å². The van der Waals surface area contributed by atoms with E-state index in [0.717, 1.165) is 30.3 Å². The molecule has 1 aliphatic heterocycles. The Morgan fingerprint density at radius 1 is 1.20 bits per heavy atom. The first kappa shape index (κ1) is 17.5. The SMILES string of the molecule is Cc1ccc(Cl)cc1NCCC(=O)N1CCN(c2ncccn2)CC1. The fourth-order valence-electron chi connectivity index (χ4n) is 2.86. The molecule has 1 saturated heterocycles. The Hall–Kier alpha value is -2.34. The van der Waals surface area contributed by atoms with E-state index in [1.54, 1.807) is 18.5 Å². The van der Waals surface area contributed by atoms with Gasteiger partial charge in [-0.1, -0.05) is 17.7 Å². The van der Waals surface area contributed by atoms with E-state index >= 15 is 0 Å². The van der Waals surface area contributed by atoms with Crippen LogP contribution in [-0.2, 0) is 4.79 Å². The van der Waals surface area contributed by atoms with Crippen LogP contribution in [0, 0.1) is 6.92 Å². The summed E-state index contributed by atoms with van der Waals surface area (Å²) in [6, 6.07) is 7.53. The zero-order valence-corrected chi connectivity index (χ0v) is 15.0. The van der Waals surface area contributed by atoms with Crippen molar-refractivity contribution in [3.8, 4) is 0 Å². The van der Waals surface area contributed by atoms with Gasteiger partial charge in [0.15, 0.2) is 0 Å². The molecule has 7 heteroatoms. The van der Waals surface area contributed by atoms with E-state index in [-0.39, 0.29) is 5.91 Å². The number of nitrogens with one attached hydrogen (secondary N) is 1. The van der Waals surface area contributed by atoms with Gasteiger partial charge in [0, 0.05) is 62.2 Å². The van der Waals surface area contributed by atoms with Crippen LogP contribution < -0.4 is 10.2 Å². The predicted molar refractivity (Wildman–Crippen MR) is 100 cm³/mol. The third-order valence-electron chi connectivity index (χ3n) is 4.32.